The van der Waals surface area contributed by atoms with Gasteiger partial charge >= 0.3 is 0 Å². The summed E-state index contributed by atoms with van der Waals surface area (Å²) in [6.07, 6.45) is 0. The van der Waals surface area contributed by atoms with Crippen molar-refractivity contribution in [3.8, 4) is 0 Å². The summed E-state index contributed by atoms with van der Waals surface area (Å²) in [5, 5.41) is 6.63. The zero-order chi connectivity index (χ0) is 10.7. The predicted octanol–water partition coefficient (Wildman–Crippen LogP) is 2.32. The highest BCUT2D eigenvalue weighted by molar-refractivity contribution is 7.12. The highest BCUT2D eigenvalue weighted by Crippen LogP contribution is 2.18. The Labute approximate surface area is 95.6 Å². The molecule has 2 heterocycles. The minimum Gasteiger partial charge on any atom is -0.397 e. The highest BCUT2D eigenvalue weighted by atomic mass is 32.1. The van der Waals surface area contributed by atoms with E-state index in [1.54, 1.807) is 17.4 Å². The molecule has 2 aromatic heterocycles. The van der Waals surface area contributed by atoms with E-state index in [4.69, 9.17) is 5.73 Å². The summed E-state index contributed by atoms with van der Waals surface area (Å²) in [6, 6.07) is 5.69. The van der Waals surface area contributed by atoms with Crippen LogP contribution in [0.2, 0.25) is 0 Å². The van der Waals surface area contributed by atoms with Gasteiger partial charge in [0, 0.05) is 4.88 Å². The van der Waals surface area contributed by atoms with Crippen LogP contribution in [0.25, 0.3) is 0 Å². The van der Waals surface area contributed by atoms with Crippen molar-refractivity contribution >= 4 is 34.3 Å². The Bertz CT molecular complexity index is 448. The lowest BCUT2D eigenvalue weighted by Crippen LogP contribution is -2.22. The lowest BCUT2D eigenvalue weighted by atomic mass is 10.3. The Kier molecular flexibility index (Phi) is 3.03. The molecule has 0 fully saturated rings. The summed E-state index contributed by atoms with van der Waals surface area (Å²) in [6.45, 7) is 0.563. The molecular weight excluding hydrogens is 228 g/mol. The molecule has 0 radical (unpaired) electrons. The van der Waals surface area contributed by atoms with Crippen molar-refractivity contribution < 1.29 is 4.79 Å². The number of anilines is 1. The lowest BCUT2D eigenvalue weighted by molar-refractivity contribution is 0.0956. The fraction of sp³-hybridized carbons (Fsp3) is 0.100. The van der Waals surface area contributed by atoms with Crippen molar-refractivity contribution in [3.05, 3.63) is 38.7 Å². The molecule has 0 atom stereocenters. The Morgan fingerprint density at radius 2 is 2.20 bits per heavy atom. The number of carbonyl (C=O) groups is 1. The van der Waals surface area contributed by atoms with Gasteiger partial charge in [0.25, 0.3) is 5.91 Å². The first-order valence-corrected chi connectivity index (χ1v) is 6.17. The normalized spacial score (nSPS) is 10.1. The second kappa shape index (κ2) is 4.46. The lowest BCUT2D eigenvalue weighted by Gasteiger charge is -2.01. The molecule has 0 bridgehead atoms. The van der Waals surface area contributed by atoms with Crippen LogP contribution < -0.4 is 11.1 Å². The smallest absolute Gasteiger partial charge is 0.263 e. The molecular formula is C10H10N2OS2. The molecule has 0 aliphatic carbocycles. The maximum Gasteiger partial charge on any atom is 0.263 e. The van der Waals surface area contributed by atoms with Crippen LogP contribution in [-0.2, 0) is 6.54 Å². The molecule has 0 aromatic carbocycles. The maximum absolute atomic E-state index is 11.6. The van der Waals surface area contributed by atoms with Crippen molar-refractivity contribution in [2.24, 2.45) is 0 Å². The first kappa shape index (κ1) is 10.2. The van der Waals surface area contributed by atoms with Gasteiger partial charge < -0.3 is 11.1 Å². The van der Waals surface area contributed by atoms with Crippen LogP contribution in [0.1, 0.15) is 14.5 Å². The van der Waals surface area contributed by atoms with E-state index in [1.165, 1.54) is 11.3 Å². The van der Waals surface area contributed by atoms with Crippen LogP contribution in [0.4, 0.5) is 5.69 Å². The first-order chi connectivity index (χ1) is 7.27. The largest absolute Gasteiger partial charge is 0.397 e. The summed E-state index contributed by atoms with van der Waals surface area (Å²) in [4.78, 5) is 13.4. The van der Waals surface area contributed by atoms with Gasteiger partial charge in [0.2, 0.25) is 0 Å². The van der Waals surface area contributed by atoms with Gasteiger partial charge in [0.15, 0.2) is 0 Å². The summed E-state index contributed by atoms with van der Waals surface area (Å²) in [5.41, 5.74) is 6.19. The average Bonchev–Trinajstić information content (AvgIpc) is 2.84. The minimum absolute atomic E-state index is 0.101. The molecule has 2 aromatic rings. The third-order valence-corrected chi connectivity index (χ3v) is 3.71. The molecule has 0 saturated carbocycles. The number of nitrogens with two attached hydrogens (primary N) is 1. The van der Waals surface area contributed by atoms with Gasteiger partial charge in [-0.25, -0.2) is 0 Å². The van der Waals surface area contributed by atoms with Crippen molar-refractivity contribution in [1.82, 2.24) is 5.32 Å². The molecule has 15 heavy (non-hydrogen) atoms. The van der Waals surface area contributed by atoms with E-state index in [9.17, 15) is 4.79 Å². The highest BCUT2D eigenvalue weighted by Gasteiger charge is 2.10. The van der Waals surface area contributed by atoms with Crippen LogP contribution in [0.5, 0.6) is 0 Å². The van der Waals surface area contributed by atoms with Gasteiger partial charge in [0.1, 0.15) is 4.88 Å². The standard InChI is InChI=1S/C10H10N2OS2/c11-8-3-5-15-9(8)10(13)12-6-7-2-1-4-14-7/h1-5H,6,11H2,(H,12,13). The molecule has 78 valence electrons. The average molecular weight is 238 g/mol. The molecule has 1 amide bonds. The van der Waals surface area contributed by atoms with E-state index in [-0.39, 0.29) is 5.91 Å². The van der Waals surface area contributed by atoms with Crippen molar-refractivity contribution in [2.45, 2.75) is 6.54 Å². The predicted molar refractivity (Wildman–Crippen MR) is 64.2 cm³/mol. The number of rotatable bonds is 3. The summed E-state index contributed by atoms with van der Waals surface area (Å²) in [7, 11) is 0. The summed E-state index contributed by atoms with van der Waals surface area (Å²) < 4.78 is 0. The Hall–Kier alpha value is -1.33. The van der Waals surface area contributed by atoms with Crippen molar-refractivity contribution in [1.29, 1.82) is 0 Å². The number of nitrogens with one attached hydrogen (secondary N) is 1. The maximum atomic E-state index is 11.6. The van der Waals surface area contributed by atoms with Gasteiger partial charge in [0.05, 0.1) is 12.2 Å². The van der Waals surface area contributed by atoms with Gasteiger partial charge in [-0.05, 0) is 22.9 Å². The van der Waals surface area contributed by atoms with Crippen LogP contribution in [0.15, 0.2) is 29.0 Å². The number of thiophene rings is 2. The topological polar surface area (TPSA) is 55.1 Å². The molecule has 3 nitrogen and oxygen atoms in total. The van der Waals surface area contributed by atoms with Crippen LogP contribution in [0, 0.1) is 0 Å². The molecule has 5 heteroatoms. The molecule has 0 spiro atoms. The van der Waals surface area contributed by atoms with E-state index >= 15 is 0 Å². The number of amides is 1. The van der Waals surface area contributed by atoms with E-state index in [0.717, 1.165) is 4.88 Å². The zero-order valence-corrected chi connectivity index (χ0v) is 9.53. The van der Waals surface area contributed by atoms with Crippen molar-refractivity contribution in [3.63, 3.8) is 0 Å². The Morgan fingerprint density at radius 3 is 2.80 bits per heavy atom. The number of nitrogen functional groups attached to an aromatic ring is 1. The molecule has 3 N–H and O–H groups in total. The molecule has 0 aliphatic heterocycles. The molecule has 0 saturated heterocycles. The fourth-order valence-corrected chi connectivity index (χ4v) is 2.54. The van der Waals surface area contributed by atoms with E-state index in [2.05, 4.69) is 5.32 Å². The Balaban J connectivity index is 1.96. The van der Waals surface area contributed by atoms with Crippen molar-refractivity contribution in [2.75, 3.05) is 5.73 Å². The summed E-state index contributed by atoms with van der Waals surface area (Å²) >= 11 is 2.98. The van der Waals surface area contributed by atoms with Crippen LogP contribution in [0.3, 0.4) is 0 Å². The Morgan fingerprint density at radius 1 is 1.33 bits per heavy atom. The first-order valence-electron chi connectivity index (χ1n) is 4.41. The quantitative estimate of drug-likeness (QED) is 0.862. The molecule has 0 aliphatic rings. The fourth-order valence-electron chi connectivity index (χ4n) is 1.16. The monoisotopic (exact) mass is 238 g/mol. The van der Waals surface area contributed by atoms with Gasteiger partial charge in [-0.3, -0.25) is 4.79 Å². The third-order valence-electron chi connectivity index (χ3n) is 1.91. The SMILES string of the molecule is Nc1ccsc1C(=O)NCc1cccs1. The summed E-state index contributed by atoms with van der Waals surface area (Å²) in [5.74, 6) is -0.101. The molecule has 2 rings (SSSR count). The number of carbonyl (C=O) groups excluding carboxylic acids is 1. The number of hydrogen-bond acceptors (Lipinski definition) is 4. The minimum atomic E-state index is -0.101. The zero-order valence-electron chi connectivity index (χ0n) is 7.90. The second-order valence-electron chi connectivity index (χ2n) is 2.97. The van der Waals surface area contributed by atoms with Gasteiger partial charge in [-0.15, -0.1) is 22.7 Å². The second-order valence-corrected chi connectivity index (χ2v) is 4.92. The van der Waals surface area contributed by atoms with Crippen LogP contribution >= 0.6 is 22.7 Å². The van der Waals surface area contributed by atoms with Crippen LogP contribution in [-0.4, -0.2) is 5.91 Å². The third kappa shape index (κ3) is 2.37. The van der Waals surface area contributed by atoms with Gasteiger partial charge in [-0.2, -0.15) is 0 Å². The van der Waals surface area contributed by atoms with E-state index in [1.807, 2.05) is 22.9 Å². The van der Waals surface area contributed by atoms with Gasteiger partial charge in [-0.1, -0.05) is 6.07 Å². The van der Waals surface area contributed by atoms with E-state index < -0.39 is 0 Å². The van der Waals surface area contributed by atoms with E-state index in [0.29, 0.717) is 17.1 Å². The number of hydrogen-bond donors (Lipinski definition) is 2. The molecule has 0 unspecified atom stereocenters.